The monoisotopic (exact) mass is 277 g/mol. The number of nitriles is 1. The van der Waals surface area contributed by atoms with Gasteiger partial charge in [-0.1, -0.05) is 0 Å². The highest BCUT2D eigenvalue weighted by molar-refractivity contribution is 7.99. The van der Waals surface area contributed by atoms with E-state index < -0.39 is 4.92 Å². The van der Waals surface area contributed by atoms with Crippen LogP contribution in [0.4, 0.5) is 11.4 Å². The number of hydrogen-bond donors (Lipinski definition) is 1. The lowest BCUT2D eigenvalue weighted by Crippen LogP contribution is -2.16. The molecule has 5 nitrogen and oxygen atoms in total. The first-order chi connectivity index (χ1) is 9.13. The third-order valence-corrected chi connectivity index (χ3v) is 4.50. The van der Waals surface area contributed by atoms with Crippen LogP contribution in [0, 0.1) is 21.4 Å². The third kappa shape index (κ3) is 3.18. The minimum absolute atomic E-state index is 0.106. The van der Waals surface area contributed by atoms with Gasteiger partial charge in [0.25, 0.3) is 5.69 Å². The molecule has 6 heteroatoms. The number of thioether (sulfide) groups is 1. The number of benzene rings is 1. The largest absolute Gasteiger partial charge is 0.382 e. The Hall–Kier alpha value is -1.74. The lowest BCUT2D eigenvalue weighted by molar-refractivity contribution is -0.385. The second kappa shape index (κ2) is 5.93. The molecule has 0 radical (unpaired) electrons. The van der Waals surface area contributed by atoms with E-state index in [1.165, 1.54) is 12.5 Å². The van der Waals surface area contributed by atoms with E-state index in [1.54, 1.807) is 12.1 Å². The van der Waals surface area contributed by atoms with Crippen LogP contribution in [0.5, 0.6) is 0 Å². The molecule has 0 amide bonds. The van der Waals surface area contributed by atoms with Crippen LogP contribution < -0.4 is 5.32 Å². The number of hydrogen-bond acceptors (Lipinski definition) is 5. The summed E-state index contributed by atoms with van der Waals surface area (Å²) in [5.74, 6) is 0. The molecule has 2 rings (SSSR count). The molecule has 0 aliphatic heterocycles. The normalized spacial score (nSPS) is 21.9. The molecule has 1 aromatic carbocycles. The van der Waals surface area contributed by atoms with Gasteiger partial charge >= 0.3 is 0 Å². The number of nitrogens with one attached hydrogen (secondary N) is 1. The molecule has 2 atom stereocenters. The summed E-state index contributed by atoms with van der Waals surface area (Å²) in [4.78, 5) is 10.2. The Labute approximate surface area is 116 Å². The Morgan fingerprint density at radius 1 is 1.53 bits per heavy atom. The summed E-state index contributed by atoms with van der Waals surface area (Å²) in [6, 6.07) is 6.89. The predicted molar refractivity (Wildman–Crippen MR) is 76.4 cm³/mol. The van der Waals surface area contributed by atoms with Crippen LogP contribution in [-0.4, -0.2) is 22.5 Å². The second-order valence-electron chi connectivity index (χ2n) is 4.61. The van der Waals surface area contributed by atoms with Gasteiger partial charge in [-0.25, -0.2) is 0 Å². The summed E-state index contributed by atoms with van der Waals surface area (Å²) in [5.41, 5.74) is 0.754. The van der Waals surface area contributed by atoms with Crippen LogP contribution in [0.25, 0.3) is 0 Å². The molecule has 1 aliphatic carbocycles. The highest BCUT2D eigenvalue weighted by Crippen LogP contribution is 2.31. The van der Waals surface area contributed by atoms with Gasteiger partial charge in [-0.3, -0.25) is 10.1 Å². The maximum atomic E-state index is 10.7. The van der Waals surface area contributed by atoms with Gasteiger partial charge in [0.15, 0.2) is 0 Å². The van der Waals surface area contributed by atoms with Crippen molar-refractivity contribution in [2.45, 2.75) is 30.6 Å². The van der Waals surface area contributed by atoms with Crippen molar-refractivity contribution in [1.29, 1.82) is 5.26 Å². The van der Waals surface area contributed by atoms with Crippen LogP contribution in [0.3, 0.4) is 0 Å². The molecular weight excluding hydrogens is 262 g/mol. The van der Waals surface area contributed by atoms with Gasteiger partial charge in [0, 0.05) is 23.0 Å². The first-order valence-corrected chi connectivity index (χ1v) is 7.40. The van der Waals surface area contributed by atoms with E-state index in [4.69, 9.17) is 5.26 Å². The smallest absolute Gasteiger partial charge is 0.287 e. The van der Waals surface area contributed by atoms with Crippen molar-refractivity contribution in [3.05, 3.63) is 33.9 Å². The highest BCUT2D eigenvalue weighted by atomic mass is 32.2. The van der Waals surface area contributed by atoms with Gasteiger partial charge in [-0.15, -0.1) is 0 Å². The van der Waals surface area contributed by atoms with Gasteiger partial charge in [-0.2, -0.15) is 17.0 Å². The standard InChI is InChI=1S/C13H15N3O2S/c1-19-12-4-2-11(7-12)15-10-3-5-13(16(17)18)9(6-10)8-14/h3,5-6,11-12,15H,2,4,7H2,1H3. The Bertz CT molecular complexity index is 527. The number of anilines is 1. The fourth-order valence-corrected chi connectivity index (χ4v) is 3.19. The highest BCUT2D eigenvalue weighted by Gasteiger charge is 2.24. The topological polar surface area (TPSA) is 79.0 Å². The summed E-state index contributed by atoms with van der Waals surface area (Å²) >= 11 is 1.88. The summed E-state index contributed by atoms with van der Waals surface area (Å²) in [6.07, 6.45) is 5.51. The Balaban J connectivity index is 2.10. The van der Waals surface area contributed by atoms with Crippen molar-refractivity contribution in [2.75, 3.05) is 11.6 Å². The average Bonchev–Trinajstić information content (AvgIpc) is 2.86. The molecular formula is C13H15N3O2S. The minimum Gasteiger partial charge on any atom is -0.382 e. The zero-order valence-corrected chi connectivity index (χ0v) is 11.4. The zero-order chi connectivity index (χ0) is 13.8. The summed E-state index contributed by atoms with van der Waals surface area (Å²) in [5, 5.41) is 23.7. The molecule has 0 saturated heterocycles. The van der Waals surface area contributed by atoms with E-state index in [1.807, 2.05) is 17.8 Å². The Kier molecular flexibility index (Phi) is 4.27. The van der Waals surface area contributed by atoms with E-state index in [9.17, 15) is 10.1 Å². The molecule has 1 saturated carbocycles. The van der Waals surface area contributed by atoms with E-state index in [0.29, 0.717) is 11.3 Å². The summed E-state index contributed by atoms with van der Waals surface area (Å²) < 4.78 is 0. The molecule has 1 fully saturated rings. The number of nitrogens with zero attached hydrogens (tertiary/aromatic N) is 2. The molecule has 0 bridgehead atoms. The second-order valence-corrected chi connectivity index (χ2v) is 5.75. The fourth-order valence-electron chi connectivity index (χ4n) is 2.40. The molecule has 0 heterocycles. The van der Waals surface area contributed by atoms with Crippen LogP contribution in [0.1, 0.15) is 24.8 Å². The molecule has 0 aromatic heterocycles. The average molecular weight is 277 g/mol. The SMILES string of the molecule is CSC1CCC(Nc2ccc([N+](=O)[O-])c(C#N)c2)C1. The van der Waals surface area contributed by atoms with Crippen molar-refractivity contribution >= 4 is 23.1 Å². The lowest BCUT2D eigenvalue weighted by Gasteiger charge is -2.14. The molecule has 2 unspecified atom stereocenters. The molecule has 1 N–H and O–H groups in total. The first-order valence-electron chi connectivity index (χ1n) is 6.12. The Morgan fingerprint density at radius 3 is 2.89 bits per heavy atom. The number of nitro benzene ring substituents is 1. The zero-order valence-electron chi connectivity index (χ0n) is 10.6. The van der Waals surface area contributed by atoms with Gasteiger partial charge < -0.3 is 5.32 Å². The van der Waals surface area contributed by atoms with E-state index >= 15 is 0 Å². The Morgan fingerprint density at radius 2 is 2.32 bits per heavy atom. The number of rotatable bonds is 4. The molecule has 0 spiro atoms. The van der Waals surface area contributed by atoms with Crippen LogP contribution in [-0.2, 0) is 0 Å². The number of nitro groups is 1. The maximum absolute atomic E-state index is 10.7. The van der Waals surface area contributed by atoms with Crippen molar-refractivity contribution in [3.63, 3.8) is 0 Å². The van der Waals surface area contributed by atoms with Crippen molar-refractivity contribution in [3.8, 4) is 6.07 Å². The van der Waals surface area contributed by atoms with Crippen molar-refractivity contribution < 1.29 is 4.92 Å². The van der Waals surface area contributed by atoms with Crippen molar-refractivity contribution in [1.82, 2.24) is 0 Å². The van der Waals surface area contributed by atoms with Crippen LogP contribution in [0.2, 0.25) is 0 Å². The quantitative estimate of drug-likeness (QED) is 0.675. The maximum Gasteiger partial charge on any atom is 0.287 e. The van der Waals surface area contributed by atoms with Gasteiger partial charge in [0.2, 0.25) is 0 Å². The van der Waals surface area contributed by atoms with Crippen LogP contribution >= 0.6 is 11.8 Å². The lowest BCUT2D eigenvalue weighted by atomic mass is 10.1. The molecule has 100 valence electrons. The minimum atomic E-state index is -0.526. The third-order valence-electron chi connectivity index (χ3n) is 3.40. The van der Waals surface area contributed by atoms with Gasteiger partial charge in [0.05, 0.1) is 4.92 Å². The van der Waals surface area contributed by atoms with E-state index in [0.717, 1.165) is 18.5 Å². The van der Waals surface area contributed by atoms with Gasteiger partial charge in [-0.05, 0) is 37.7 Å². The summed E-state index contributed by atoms with van der Waals surface area (Å²) in [6.45, 7) is 0. The first kappa shape index (κ1) is 13.7. The van der Waals surface area contributed by atoms with Crippen LogP contribution in [0.15, 0.2) is 18.2 Å². The summed E-state index contributed by atoms with van der Waals surface area (Å²) in [7, 11) is 0. The van der Waals surface area contributed by atoms with Crippen molar-refractivity contribution in [2.24, 2.45) is 0 Å². The van der Waals surface area contributed by atoms with Gasteiger partial charge in [0.1, 0.15) is 11.6 Å². The predicted octanol–water partition coefficient (Wildman–Crippen LogP) is 3.16. The molecule has 1 aromatic rings. The van der Waals surface area contributed by atoms with E-state index in [2.05, 4.69) is 11.6 Å². The van der Waals surface area contributed by atoms with E-state index in [-0.39, 0.29) is 11.3 Å². The molecule has 1 aliphatic rings. The molecule has 19 heavy (non-hydrogen) atoms. The fraction of sp³-hybridized carbons (Fsp3) is 0.462.